The molecule has 1 fully saturated rings. The van der Waals surface area contributed by atoms with Gasteiger partial charge in [0.25, 0.3) is 0 Å². The molecule has 4 nitrogen and oxygen atoms in total. The molecule has 1 heterocycles. The number of nitrogens with zero attached hydrogens (tertiary/aromatic N) is 1. The largest absolute Gasteiger partial charge is 0.355 e. The summed E-state index contributed by atoms with van der Waals surface area (Å²) < 4.78 is 0. The molecular formula is C10H21N3O. The highest BCUT2D eigenvalue weighted by Gasteiger charge is 2.28. The highest BCUT2D eigenvalue weighted by molar-refractivity contribution is 5.82. The Labute approximate surface area is 86.0 Å². The van der Waals surface area contributed by atoms with Crippen molar-refractivity contribution in [2.75, 3.05) is 27.2 Å². The lowest BCUT2D eigenvalue weighted by Crippen LogP contribution is -2.45. The van der Waals surface area contributed by atoms with Crippen LogP contribution >= 0.6 is 0 Å². The first-order valence-corrected chi connectivity index (χ1v) is 5.31. The van der Waals surface area contributed by atoms with E-state index in [-0.39, 0.29) is 11.9 Å². The van der Waals surface area contributed by atoms with E-state index in [1.54, 1.807) is 0 Å². The molecule has 2 atom stereocenters. The van der Waals surface area contributed by atoms with Gasteiger partial charge in [0, 0.05) is 12.6 Å². The third kappa shape index (κ3) is 2.69. The summed E-state index contributed by atoms with van der Waals surface area (Å²) in [7, 11) is 3.95. The predicted molar refractivity (Wildman–Crippen MR) is 57.2 cm³/mol. The van der Waals surface area contributed by atoms with Gasteiger partial charge in [0.05, 0.1) is 6.04 Å². The molecule has 2 N–H and O–H groups in total. The Morgan fingerprint density at radius 3 is 3.00 bits per heavy atom. The van der Waals surface area contributed by atoms with Gasteiger partial charge in [0.2, 0.25) is 5.91 Å². The molecule has 4 heteroatoms. The first kappa shape index (κ1) is 11.5. The van der Waals surface area contributed by atoms with Crippen LogP contribution in [0.3, 0.4) is 0 Å². The number of carbonyl (C=O) groups excluding carboxylic acids is 1. The van der Waals surface area contributed by atoms with E-state index in [2.05, 4.69) is 22.5 Å². The standard InChI is InChI=1S/C10H21N3O/c1-8-4-7-12-10(14)9(13(8)3)5-6-11-2/h8-9,11H,4-7H2,1-3H3,(H,12,14). The minimum absolute atomic E-state index is 0.0277. The highest BCUT2D eigenvalue weighted by atomic mass is 16.2. The van der Waals surface area contributed by atoms with E-state index >= 15 is 0 Å². The topological polar surface area (TPSA) is 44.4 Å². The molecule has 0 radical (unpaired) electrons. The van der Waals surface area contributed by atoms with Crippen molar-refractivity contribution in [3.63, 3.8) is 0 Å². The van der Waals surface area contributed by atoms with E-state index < -0.39 is 0 Å². The molecule has 0 spiro atoms. The molecule has 0 aromatic heterocycles. The van der Waals surface area contributed by atoms with Crippen molar-refractivity contribution >= 4 is 5.91 Å². The fraction of sp³-hybridized carbons (Fsp3) is 0.900. The van der Waals surface area contributed by atoms with Crippen molar-refractivity contribution in [3.05, 3.63) is 0 Å². The van der Waals surface area contributed by atoms with Crippen molar-refractivity contribution in [3.8, 4) is 0 Å². The lowest BCUT2D eigenvalue weighted by Gasteiger charge is -2.28. The maximum atomic E-state index is 11.7. The molecule has 14 heavy (non-hydrogen) atoms. The number of amides is 1. The van der Waals surface area contributed by atoms with Gasteiger partial charge in [-0.1, -0.05) is 0 Å². The van der Waals surface area contributed by atoms with Crippen LogP contribution in [0.2, 0.25) is 0 Å². The Kier molecular flexibility index (Phi) is 4.35. The van der Waals surface area contributed by atoms with E-state index in [1.807, 2.05) is 14.1 Å². The van der Waals surface area contributed by atoms with E-state index in [0.29, 0.717) is 6.04 Å². The number of rotatable bonds is 3. The maximum absolute atomic E-state index is 11.7. The minimum Gasteiger partial charge on any atom is -0.355 e. The zero-order valence-electron chi connectivity index (χ0n) is 9.34. The van der Waals surface area contributed by atoms with Crippen LogP contribution in [0.25, 0.3) is 0 Å². The number of hydrogen-bond acceptors (Lipinski definition) is 3. The SMILES string of the molecule is CNCCC1C(=O)NCCC(C)N1C. The molecule has 1 saturated heterocycles. The van der Waals surface area contributed by atoms with Gasteiger partial charge in [-0.05, 0) is 40.4 Å². The van der Waals surface area contributed by atoms with E-state index in [1.165, 1.54) is 0 Å². The molecule has 0 aliphatic carbocycles. The quantitative estimate of drug-likeness (QED) is 0.662. The van der Waals surface area contributed by atoms with Crippen LogP contribution in [0, 0.1) is 0 Å². The van der Waals surface area contributed by atoms with Crippen LogP contribution in [0.5, 0.6) is 0 Å². The van der Waals surface area contributed by atoms with E-state index in [0.717, 1.165) is 25.9 Å². The Bertz CT molecular complexity index is 196. The lowest BCUT2D eigenvalue weighted by atomic mass is 10.1. The van der Waals surface area contributed by atoms with Crippen LogP contribution in [0.15, 0.2) is 0 Å². The van der Waals surface area contributed by atoms with Gasteiger partial charge in [0.15, 0.2) is 0 Å². The fourth-order valence-corrected chi connectivity index (χ4v) is 1.83. The van der Waals surface area contributed by atoms with Gasteiger partial charge in [-0.3, -0.25) is 9.69 Å². The predicted octanol–water partition coefficient (Wildman–Crippen LogP) is -0.195. The smallest absolute Gasteiger partial charge is 0.237 e. The van der Waals surface area contributed by atoms with Crippen LogP contribution in [-0.4, -0.2) is 50.1 Å². The summed E-state index contributed by atoms with van der Waals surface area (Å²) in [6, 6.07) is 0.510. The van der Waals surface area contributed by atoms with Gasteiger partial charge in [0.1, 0.15) is 0 Å². The zero-order chi connectivity index (χ0) is 10.6. The Morgan fingerprint density at radius 2 is 2.36 bits per heavy atom. The van der Waals surface area contributed by atoms with Crippen molar-refractivity contribution < 1.29 is 4.79 Å². The second-order valence-corrected chi connectivity index (χ2v) is 4.00. The first-order valence-electron chi connectivity index (χ1n) is 5.31. The second kappa shape index (κ2) is 5.32. The monoisotopic (exact) mass is 199 g/mol. The Morgan fingerprint density at radius 1 is 1.64 bits per heavy atom. The van der Waals surface area contributed by atoms with Gasteiger partial charge in [-0.15, -0.1) is 0 Å². The first-order chi connectivity index (χ1) is 6.66. The lowest BCUT2D eigenvalue weighted by molar-refractivity contribution is -0.125. The van der Waals surface area contributed by atoms with Crippen molar-refractivity contribution in [1.29, 1.82) is 0 Å². The Balaban J connectivity index is 2.59. The molecule has 1 aliphatic rings. The minimum atomic E-state index is 0.0277. The molecule has 1 rings (SSSR count). The third-order valence-electron chi connectivity index (χ3n) is 3.02. The summed E-state index contributed by atoms with van der Waals surface area (Å²) in [5.74, 6) is 0.173. The Hall–Kier alpha value is -0.610. The summed E-state index contributed by atoms with van der Waals surface area (Å²) in [6.45, 7) is 3.86. The molecule has 0 bridgehead atoms. The number of likely N-dealkylation sites (N-methyl/N-ethyl adjacent to an activating group) is 1. The molecule has 1 aliphatic heterocycles. The molecule has 0 aromatic rings. The van der Waals surface area contributed by atoms with Crippen LogP contribution in [0.4, 0.5) is 0 Å². The van der Waals surface area contributed by atoms with Crippen LogP contribution in [-0.2, 0) is 4.79 Å². The summed E-state index contributed by atoms with van der Waals surface area (Å²) in [6.07, 6.45) is 1.92. The summed E-state index contributed by atoms with van der Waals surface area (Å²) in [4.78, 5) is 13.9. The molecule has 0 aromatic carbocycles. The van der Waals surface area contributed by atoms with Crippen molar-refractivity contribution in [2.45, 2.75) is 31.8 Å². The van der Waals surface area contributed by atoms with Crippen LogP contribution in [0.1, 0.15) is 19.8 Å². The van der Waals surface area contributed by atoms with Crippen molar-refractivity contribution in [2.24, 2.45) is 0 Å². The fourth-order valence-electron chi connectivity index (χ4n) is 1.83. The summed E-state index contributed by atoms with van der Waals surface area (Å²) >= 11 is 0. The summed E-state index contributed by atoms with van der Waals surface area (Å²) in [5.41, 5.74) is 0. The molecular weight excluding hydrogens is 178 g/mol. The highest BCUT2D eigenvalue weighted by Crippen LogP contribution is 2.12. The third-order valence-corrected chi connectivity index (χ3v) is 3.02. The average molecular weight is 199 g/mol. The average Bonchev–Trinajstić information content (AvgIpc) is 2.27. The van der Waals surface area contributed by atoms with Crippen LogP contribution < -0.4 is 10.6 Å². The van der Waals surface area contributed by atoms with Gasteiger partial charge in [-0.25, -0.2) is 0 Å². The molecule has 82 valence electrons. The van der Waals surface area contributed by atoms with E-state index in [9.17, 15) is 4.79 Å². The zero-order valence-corrected chi connectivity index (χ0v) is 9.34. The summed E-state index contributed by atoms with van der Waals surface area (Å²) in [5, 5.41) is 6.04. The molecule has 0 saturated carbocycles. The van der Waals surface area contributed by atoms with Crippen molar-refractivity contribution in [1.82, 2.24) is 15.5 Å². The normalized spacial score (nSPS) is 29.8. The van der Waals surface area contributed by atoms with Gasteiger partial charge >= 0.3 is 0 Å². The second-order valence-electron chi connectivity index (χ2n) is 4.00. The maximum Gasteiger partial charge on any atom is 0.237 e. The van der Waals surface area contributed by atoms with Gasteiger partial charge in [-0.2, -0.15) is 0 Å². The number of hydrogen-bond donors (Lipinski definition) is 2. The van der Waals surface area contributed by atoms with Gasteiger partial charge < -0.3 is 10.6 Å². The molecule has 2 unspecified atom stereocenters. The molecule has 1 amide bonds. The number of carbonyl (C=O) groups is 1. The van der Waals surface area contributed by atoms with E-state index in [4.69, 9.17) is 0 Å². The number of nitrogens with one attached hydrogen (secondary N) is 2.